The molecular formula is C34H40ClN3O4. The third-order valence-corrected chi connectivity index (χ3v) is 8.27. The number of hydrogen-bond donors (Lipinski definition) is 1. The van der Waals surface area contributed by atoms with E-state index < -0.39 is 0 Å². The molecule has 2 heterocycles. The van der Waals surface area contributed by atoms with Gasteiger partial charge in [0.25, 0.3) is 0 Å². The number of carbonyl (C=O) groups is 2. The van der Waals surface area contributed by atoms with Crippen molar-refractivity contribution in [3.8, 4) is 17.2 Å². The van der Waals surface area contributed by atoms with Crippen LogP contribution in [0.3, 0.4) is 0 Å². The zero-order chi connectivity index (χ0) is 29.1. The van der Waals surface area contributed by atoms with Crippen molar-refractivity contribution >= 4 is 29.1 Å². The summed E-state index contributed by atoms with van der Waals surface area (Å²) in [5, 5.41) is 3.41. The Morgan fingerprint density at radius 3 is 2.45 bits per heavy atom. The topological polar surface area (TPSA) is 71.1 Å². The second-order valence-corrected chi connectivity index (χ2v) is 11.6. The second-order valence-electron chi connectivity index (χ2n) is 11.2. The molecule has 3 aromatic carbocycles. The first-order valence-electron chi connectivity index (χ1n) is 15.1. The Balaban J connectivity index is 1.20. The van der Waals surface area contributed by atoms with Crippen molar-refractivity contribution in [2.45, 2.75) is 44.9 Å². The van der Waals surface area contributed by atoms with E-state index in [9.17, 15) is 9.59 Å². The molecule has 0 unspecified atom stereocenters. The lowest BCUT2D eigenvalue weighted by atomic mass is 9.92. The smallest absolute Gasteiger partial charge is 0.244 e. The van der Waals surface area contributed by atoms with Crippen LogP contribution in [0.15, 0.2) is 72.8 Å². The molecule has 3 aromatic rings. The molecule has 5 rings (SSSR count). The van der Waals surface area contributed by atoms with Crippen LogP contribution in [0, 0.1) is 5.92 Å². The van der Waals surface area contributed by atoms with Gasteiger partial charge in [0.1, 0.15) is 0 Å². The molecule has 1 saturated heterocycles. The van der Waals surface area contributed by atoms with Crippen LogP contribution in [0.1, 0.15) is 44.1 Å². The van der Waals surface area contributed by atoms with E-state index in [2.05, 4.69) is 34.5 Å². The number of carbonyl (C=O) groups excluding carboxylic acids is 2. The molecule has 0 spiro atoms. The summed E-state index contributed by atoms with van der Waals surface area (Å²) in [6, 6.07) is 23.2. The molecule has 1 fully saturated rings. The van der Waals surface area contributed by atoms with Crippen molar-refractivity contribution < 1.29 is 19.1 Å². The zero-order valence-corrected chi connectivity index (χ0v) is 24.9. The molecular weight excluding hydrogens is 550 g/mol. The monoisotopic (exact) mass is 589 g/mol. The number of anilines is 1. The van der Waals surface area contributed by atoms with E-state index in [1.807, 2.05) is 30.3 Å². The molecule has 0 saturated carbocycles. The Kier molecular flexibility index (Phi) is 10.7. The first-order valence-corrected chi connectivity index (χ1v) is 15.4. The van der Waals surface area contributed by atoms with Crippen molar-refractivity contribution in [1.29, 1.82) is 0 Å². The predicted molar refractivity (Wildman–Crippen MR) is 166 cm³/mol. The molecule has 2 aliphatic rings. The number of nitrogens with zero attached hydrogens (tertiary/aromatic N) is 2. The van der Waals surface area contributed by atoms with Crippen LogP contribution in [0.4, 0.5) is 5.69 Å². The summed E-state index contributed by atoms with van der Waals surface area (Å²) >= 11 is 6.27. The lowest BCUT2D eigenvalue weighted by Gasteiger charge is -2.33. The number of amides is 2. The van der Waals surface area contributed by atoms with E-state index in [1.54, 1.807) is 23.1 Å². The van der Waals surface area contributed by atoms with Gasteiger partial charge in [-0.2, -0.15) is 0 Å². The molecule has 0 aromatic heterocycles. The van der Waals surface area contributed by atoms with Gasteiger partial charge < -0.3 is 24.6 Å². The van der Waals surface area contributed by atoms with Gasteiger partial charge in [-0.15, -0.1) is 0 Å². The first-order chi connectivity index (χ1) is 20.5. The van der Waals surface area contributed by atoms with E-state index in [-0.39, 0.29) is 18.4 Å². The maximum Gasteiger partial charge on any atom is 0.244 e. The number of piperidine rings is 1. The van der Waals surface area contributed by atoms with Gasteiger partial charge in [-0.3, -0.25) is 9.59 Å². The number of hydrogen-bond acceptors (Lipinski definition) is 5. The average Bonchev–Trinajstić information content (AvgIpc) is 3.00. The van der Waals surface area contributed by atoms with Crippen LogP contribution < -0.4 is 14.8 Å². The molecule has 42 heavy (non-hydrogen) atoms. The Morgan fingerprint density at radius 1 is 0.881 bits per heavy atom. The lowest BCUT2D eigenvalue weighted by molar-refractivity contribution is -0.136. The van der Waals surface area contributed by atoms with Gasteiger partial charge in [0.2, 0.25) is 11.8 Å². The number of benzene rings is 3. The fourth-order valence-corrected chi connectivity index (χ4v) is 5.77. The highest BCUT2D eigenvalue weighted by Crippen LogP contribution is 2.36. The van der Waals surface area contributed by atoms with E-state index in [0.717, 1.165) is 58.2 Å². The Bertz CT molecular complexity index is 1330. The van der Waals surface area contributed by atoms with E-state index in [1.165, 1.54) is 5.56 Å². The SMILES string of the molecule is O=C1CN(C(=O)CC2CCN(CCc3ccccc3)CC2)CCCCCOc2ccccc2Oc2ccc(Cl)cc2N1. The quantitative estimate of drug-likeness (QED) is 0.354. The molecule has 0 radical (unpaired) electrons. The van der Waals surface area contributed by atoms with Gasteiger partial charge in [0.05, 0.1) is 18.8 Å². The van der Waals surface area contributed by atoms with E-state index in [4.69, 9.17) is 21.1 Å². The largest absolute Gasteiger partial charge is 0.490 e. The minimum Gasteiger partial charge on any atom is -0.490 e. The molecule has 2 aliphatic heterocycles. The number of halogens is 1. The van der Waals surface area contributed by atoms with Gasteiger partial charge >= 0.3 is 0 Å². The first kappa shape index (κ1) is 29.9. The molecule has 8 heteroatoms. The number of ether oxygens (including phenoxy) is 2. The second kappa shape index (κ2) is 15.1. The Morgan fingerprint density at radius 2 is 1.64 bits per heavy atom. The normalized spacial score (nSPS) is 17.5. The van der Waals surface area contributed by atoms with Crippen LogP contribution in [-0.4, -0.2) is 60.9 Å². The van der Waals surface area contributed by atoms with Gasteiger partial charge in [-0.1, -0.05) is 54.1 Å². The third-order valence-electron chi connectivity index (χ3n) is 8.03. The van der Waals surface area contributed by atoms with Crippen LogP contribution in [0.5, 0.6) is 17.2 Å². The predicted octanol–water partition coefficient (Wildman–Crippen LogP) is 6.81. The van der Waals surface area contributed by atoms with Gasteiger partial charge in [-0.25, -0.2) is 0 Å². The summed E-state index contributed by atoms with van der Waals surface area (Å²) in [5.74, 6) is 1.77. The highest BCUT2D eigenvalue weighted by atomic mass is 35.5. The van der Waals surface area contributed by atoms with Crippen LogP contribution >= 0.6 is 11.6 Å². The number of nitrogens with one attached hydrogen (secondary N) is 1. The summed E-state index contributed by atoms with van der Waals surface area (Å²) < 4.78 is 12.2. The number of rotatable bonds is 5. The molecule has 0 bridgehead atoms. The molecule has 0 atom stereocenters. The summed E-state index contributed by atoms with van der Waals surface area (Å²) in [7, 11) is 0. The van der Waals surface area contributed by atoms with Crippen molar-refractivity contribution in [2.24, 2.45) is 5.92 Å². The van der Waals surface area contributed by atoms with Gasteiger partial charge in [0.15, 0.2) is 17.2 Å². The van der Waals surface area contributed by atoms with Crippen molar-refractivity contribution in [3.63, 3.8) is 0 Å². The third kappa shape index (κ3) is 8.73. The fourth-order valence-electron chi connectivity index (χ4n) is 5.60. The zero-order valence-electron chi connectivity index (χ0n) is 24.1. The van der Waals surface area contributed by atoms with E-state index >= 15 is 0 Å². The van der Waals surface area contributed by atoms with Crippen molar-refractivity contribution in [2.75, 3.05) is 44.6 Å². The summed E-state index contributed by atoms with van der Waals surface area (Å²) in [4.78, 5) is 31.0. The summed E-state index contributed by atoms with van der Waals surface area (Å²) in [5.41, 5.74) is 1.81. The van der Waals surface area contributed by atoms with Gasteiger partial charge in [-0.05, 0) is 93.4 Å². The molecule has 7 nitrogen and oxygen atoms in total. The van der Waals surface area contributed by atoms with Crippen molar-refractivity contribution in [1.82, 2.24) is 9.80 Å². The fraction of sp³-hybridized carbons (Fsp3) is 0.412. The summed E-state index contributed by atoms with van der Waals surface area (Å²) in [6.07, 6.45) is 6.07. The number of likely N-dealkylation sites (tertiary alicyclic amines) is 1. The maximum atomic E-state index is 13.5. The lowest BCUT2D eigenvalue weighted by Crippen LogP contribution is -2.41. The maximum absolute atomic E-state index is 13.5. The Labute approximate surface area is 253 Å². The minimum atomic E-state index is -0.273. The number of para-hydroxylation sites is 2. The highest BCUT2D eigenvalue weighted by Gasteiger charge is 2.25. The van der Waals surface area contributed by atoms with Gasteiger partial charge in [0, 0.05) is 24.5 Å². The van der Waals surface area contributed by atoms with Crippen molar-refractivity contribution in [3.05, 3.63) is 83.4 Å². The molecule has 222 valence electrons. The standard InChI is InChI=1S/C34H40ClN3O4/c35-28-13-14-30-29(24-28)36-33(39)25-38(18-7-2-8-22-41-31-11-5-6-12-32(31)42-30)34(40)23-27-16-20-37(21-17-27)19-15-26-9-3-1-4-10-26/h1,3-6,9-14,24,27H,2,7-8,15-23,25H2,(H,36,39). The average molecular weight is 590 g/mol. The Hall–Kier alpha value is -3.55. The minimum absolute atomic E-state index is 0.00616. The highest BCUT2D eigenvalue weighted by molar-refractivity contribution is 6.31. The van der Waals surface area contributed by atoms with Crippen LogP contribution in [0.25, 0.3) is 0 Å². The molecule has 2 amide bonds. The molecule has 0 aliphatic carbocycles. The molecule has 1 N–H and O–H groups in total. The van der Waals surface area contributed by atoms with Crippen LogP contribution in [0.2, 0.25) is 5.02 Å². The number of fused-ring (bicyclic) bond motifs is 2. The van der Waals surface area contributed by atoms with E-state index in [0.29, 0.717) is 53.4 Å². The van der Waals surface area contributed by atoms with Crippen LogP contribution in [-0.2, 0) is 16.0 Å². The summed E-state index contributed by atoms with van der Waals surface area (Å²) in [6.45, 7) is 4.13.